The number of anilines is 1. The van der Waals surface area contributed by atoms with Crippen LogP contribution in [0, 0.1) is 0 Å². The molecule has 1 saturated heterocycles. The molecule has 1 aliphatic rings. The summed E-state index contributed by atoms with van der Waals surface area (Å²) in [6, 6.07) is 7.98. The number of para-hydroxylation sites is 1. The first-order chi connectivity index (χ1) is 8.14. The Hall–Kier alpha value is -1.14. The molecule has 90 valence electrons. The molecule has 4 nitrogen and oxygen atoms in total. The molecule has 1 aromatic heterocycles. The van der Waals surface area contributed by atoms with Crippen molar-refractivity contribution in [1.82, 2.24) is 4.98 Å². The lowest BCUT2D eigenvalue weighted by Crippen LogP contribution is -2.40. The summed E-state index contributed by atoms with van der Waals surface area (Å²) in [5.41, 5.74) is 0.987. The lowest BCUT2D eigenvalue weighted by Gasteiger charge is -2.25. The van der Waals surface area contributed by atoms with Crippen LogP contribution in [-0.2, 0) is 9.84 Å². The maximum Gasteiger partial charge on any atom is 0.186 e. The Kier molecular flexibility index (Phi) is 2.56. The van der Waals surface area contributed by atoms with E-state index in [1.807, 2.05) is 24.3 Å². The minimum Gasteiger partial charge on any atom is -0.346 e. The van der Waals surface area contributed by atoms with Crippen LogP contribution >= 0.6 is 11.3 Å². The lowest BCUT2D eigenvalue weighted by atomic mass is 10.3. The molecule has 0 unspecified atom stereocenters. The van der Waals surface area contributed by atoms with Crippen LogP contribution in [-0.4, -0.2) is 38.0 Å². The van der Waals surface area contributed by atoms with E-state index < -0.39 is 9.84 Å². The summed E-state index contributed by atoms with van der Waals surface area (Å²) in [5, 5.41) is 0.932. The molecule has 0 spiro atoms. The summed E-state index contributed by atoms with van der Waals surface area (Å²) in [6.07, 6.45) is 0. The van der Waals surface area contributed by atoms with E-state index in [9.17, 15) is 8.42 Å². The molecule has 2 aromatic rings. The first-order valence-electron chi connectivity index (χ1n) is 5.45. The predicted octanol–water partition coefficient (Wildman–Crippen LogP) is 1.53. The highest BCUT2D eigenvalue weighted by Gasteiger charge is 2.23. The quantitative estimate of drug-likeness (QED) is 0.787. The van der Waals surface area contributed by atoms with Crippen LogP contribution in [0.1, 0.15) is 0 Å². The van der Waals surface area contributed by atoms with Gasteiger partial charge in [0.05, 0.1) is 21.7 Å². The van der Waals surface area contributed by atoms with Gasteiger partial charge in [-0.25, -0.2) is 13.4 Å². The normalized spacial score (nSPS) is 19.6. The van der Waals surface area contributed by atoms with Crippen LogP contribution in [0.25, 0.3) is 10.2 Å². The van der Waals surface area contributed by atoms with E-state index in [2.05, 4.69) is 9.88 Å². The summed E-state index contributed by atoms with van der Waals surface area (Å²) in [7, 11) is -2.82. The van der Waals surface area contributed by atoms with Gasteiger partial charge in [0, 0.05) is 13.1 Å². The first kappa shape index (κ1) is 11.0. The van der Waals surface area contributed by atoms with Crippen molar-refractivity contribution in [1.29, 1.82) is 0 Å². The number of aromatic nitrogens is 1. The number of thiazole rings is 1. The first-order valence-corrected chi connectivity index (χ1v) is 8.09. The molecule has 0 saturated carbocycles. The van der Waals surface area contributed by atoms with E-state index >= 15 is 0 Å². The molecule has 1 fully saturated rings. The van der Waals surface area contributed by atoms with Gasteiger partial charge >= 0.3 is 0 Å². The summed E-state index contributed by atoms with van der Waals surface area (Å²) in [4.78, 5) is 6.59. The fraction of sp³-hybridized carbons (Fsp3) is 0.364. The molecule has 2 heterocycles. The third-order valence-corrected chi connectivity index (χ3v) is 5.60. The third kappa shape index (κ3) is 2.14. The van der Waals surface area contributed by atoms with Crippen molar-refractivity contribution >= 4 is 36.5 Å². The zero-order valence-electron chi connectivity index (χ0n) is 9.17. The average molecular weight is 268 g/mol. The maximum absolute atomic E-state index is 11.4. The minimum atomic E-state index is -2.82. The second-order valence-electron chi connectivity index (χ2n) is 4.10. The lowest BCUT2D eigenvalue weighted by molar-refractivity contribution is 0.587. The van der Waals surface area contributed by atoms with Crippen LogP contribution in [0.15, 0.2) is 24.3 Å². The summed E-state index contributed by atoms with van der Waals surface area (Å²) in [6.45, 7) is 1.12. The molecule has 1 aromatic carbocycles. The van der Waals surface area contributed by atoms with Crippen molar-refractivity contribution in [3.8, 4) is 0 Å². The van der Waals surface area contributed by atoms with Gasteiger partial charge in [0.15, 0.2) is 15.0 Å². The van der Waals surface area contributed by atoms with Gasteiger partial charge in [-0.05, 0) is 12.1 Å². The summed E-state index contributed by atoms with van der Waals surface area (Å²) < 4.78 is 23.9. The molecule has 0 amide bonds. The maximum atomic E-state index is 11.4. The molecule has 17 heavy (non-hydrogen) atoms. The Balaban J connectivity index is 1.90. The number of hydrogen-bond donors (Lipinski definition) is 0. The van der Waals surface area contributed by atoms with Crippen molar-refractivity contribution in [2.75, 3.05) is 29.5 Å². The zero-order valence-corrected chi connectivity index (χ0v) is 10.8. The Bertz CT molecular complexity index is 601. The van der Waals surface area contributed by atoms with Crippen LogP contribution in [0.2, 0.25) is 0 Å². The van der Waals surface area contributed by atoms with Crippen molar-refractivity contribution in [2.45, 2.75) is 0 Å². The summed E-state index contributed by atoms with van der Waals surface area (Å²) >= 11 is 1.62. The van der Waals surface area contributed by atoms with Gasteiger partial charge < -0.3 is 4.90 Å². The number of sulfone groups is 1. The Labute approximate surface area is 104 Å². The molecule has 0 bridgehead atoms. The zero-order chi connectivity index (χ0) is 11.9. The molecule has 0 radical (unpaired) electrons. The van der Waals surface area contributed by atoms with E-state index in [-0.39, 0.29) is 11.5 Å². The molecule has 1 aliphatic heterocycles. The third-order valence-electron chi connectivity index (χ3n) is 2.90. The SMILES string of the molecule is O=S1(=O)CCN(c2nc3ccccc3s2)CC1. The second kappa shape index (κ2) is 3.96. The molecule has 6 heteroatoms. The Morgan fingerprint density at radius 2 is 1.88 bits per heavy atom. The van der Waals surface area contributed by atoms with Crippen LogP contribution in [0.5, 0.6) is 0 Å². The van der Waals surface area contributed by atoms with Crippen LogP contribution < -0.4 is 4.90 Å². The van der Waals surface area contributed by atoms with Crippen LogP contribution in [0.3, 0.4) is 0 Å². The van der Waals surface area contributed by atoms with Gasteiger partial charge in [-0.1, -0.05) is 23.5 Å². The average Bonchev–Trinajstić information content (AvgIpc) is 2.72. The molecule has 0 aliphatic carbocycles. The van der Waals surface area contributed by atoms with Crippen molar-refractivity contribution in [2.24, 2.45) is 0 Å². The van der Waals surface area contributed by atoms with Gasteiger partial charge in [-0.15, -0.1) is 0 Å². The van der Waals surface area contributed by atoms with Gasteiger partial charge in [0.1, 0.15) is 0 Å². The standard InChI is InChI=1S/C11H12N2O2S2/c14-17(15)7-5-13(6-8-17)11-12-9-3-1-2-4-10(9)16-11/h1-4H,5-8H2. The van der Waals surface area contributed by atoms with E-state index in [4.69, 9.17) is 0 Å². The van der Waals surface area contributed by atoms with E-state index in [0.29, 0.717) is 13.1 Å². The topological polar surface area (TPSA) is 50.3 Å². The predicted molar refractivity (Wildman–Crippen MR) is 70.5 cm³/mol. The molecular weight excluding hydrogens is 256 g/mol. The van der Waals surface area contributed by atoms with E-state index in [0.717, 1.165) is 15.3 Å². The van der Waals surface area contributed by atoms with Crippen molar-refractivity contribution in [3.05, 3.63) is 24.3 Å². The number of benzene rings is 1. The smallest absolute Gasteiger partial charge is 0.186 e. The largest absolute Gasteiger partial charge is 0.346 e. The number of hydrogen-bond acceptors (Lipinski definition) is 5. The van der Waals surface area contributed by atoms with Crippen molar-refractivity contribution in [3.63, 3.8) is 0 Å². The molecule has 0 N–H and O–H groups in total. The summed E-state index contributed by atoms with van der Waals surface area (Å²) in [5.74, 6) is 0.478. The number of fused-ring (bicyclic) bond motifs is 1. The second-order valence-corrected chi connectivity index (χ2v) is 7.42. The van der Waals surface area contributed by atoms with Gasteiger partial charge in [-0.2, -0.15) is 0 Å². The Morgan fingerprint density at radius 1 is 1.18 bits per heavy atom. The van der Waals surface area contributed by atoms with Gasteiger partial charge in [0.25, 0.3) is 0 Å². The highest BCUT2D eigenvalue weighted by atomic mass is 32.2. The van der Waals surface area contributed by atoms with Crippen molar-refractivity contribution < 1.29 is 8.42 Å². The highest BCUT2D eigenvalue weighted by Crippen LogP contribution is 2.29. The minimum absolute atomic E-state index is 0.239. The molecule has 3 rings (SSSR count). The van der Waals surface area contributed by atoms with Crippen LogP contribution in [0.4, 0.5) is 5.13 Å². The molecule has 0 atom stereocenters. The number of nitrogens with zero attached hydrogens (tertiary/aromatic N) is 2. The fourth-order valence-electron chi connectivity index (χ4n) is 1.90. The van der Waals surface area contributed by atoms with Gasteiger partial charge in [-0.3, -0.25) is 0 Å². The van der Waals surface area contributed by atoms with E-state index in [1.165, 1.54) is 0 Å². The fourth-order valence-corrected chi connectivity index (χ4v) is 4.12. The number of rotatable bonds is 1. The van der Waals surface area contributed by atoms with E-state index in [1.54, 1.807) is 11.3 Å². The highest BCUT2D eigenvalue weighted by molar-refractivity contribution is 7.91. The Morgan fingerprint density at radius 3 is 2.59 bits per heavy atom. The molecular formula is C11H12N2O2S2. The monoisotopic (exact) mass is 268 g/mol. The van der Waals surface area contributed by atoms with Gasteiger partial charge in [0.2, 0.25) is 0 Å².